The van der Waals surface area contributed by atoms with Crippen LogP contribution in [0.3, 0.4) is 0 Å². The Labute approximate surface area is 322 Å². The first kappa shape index (κ1) is 49.6. The summed E-state index contributed by atoms with van der Waals surface area (Å²) in [7, 11) is 0. The molecule has 0 aromatic heterocycles. The third-order valence-electron chi connectivity index (χ3n) is 7.93. The standard InChI is InChI=1S/C35H59N5O7.C4H10N2O/c1-9-11-12-14-28(42)39-31(24(3)4)33(46)36-20-30(44)38-27(19-25-15-17-26(41)18-16-25)32(45)37-21-34(5,6)22-47-23-35(7,8)40-29(43)13-10-2;1-2-3-6-4(5)7/h15-18,24,27,31,41H,9-14,19-23H2,1-8H3,(H,36,46)(H,37,45)(H,38,44)(H,39,42)(H,40,43);2-3H2,1H3,(H3,5,6,7). The number of carbonyl (C=O) groups excluding carboxylic acids is 6. The maximum absolute atomic E-state index is 13.4. The molecule has 2 unspecified atom stereocenters. The highest BCUT2D eigenvalue weighted by Gasteiger charge is 2.28. The number of rotatable bonds is 24. The molecule has 1 rings (SSSR count). The van der Waals surface area contributed by atoms with Crippen molar-refractivity contribution in [3.8, 4) is 5.75 Å². The van der Waals surface area contributed by atoms with Crippen LogP contribution in [0.4, 0.5) is 4.79 Å². The van der Waals surface area contributed by atoms with E-state index in [0.717, 1.165) is 32.1 Å². The SMILES string of the molecule is CCCCCC(=O)NC(C(=O)NCC(=O)NC(Cc1ccc(O)cc1)C(=O)NCC(C)(C)COCC(C)(C)NC(=O)CCC)C(C)C.CCCNC(N)=O. The number of hydrogen-bond acceptors (Lipinski definition) is 8. The zero-order valence-electron chi connectivity index (χ0n) is 34.1. The molecule has 0 aliphatic carbocycles. The number of nitrogens with two attached hydrogens (primary N) is 1. The van der Waals surface area contributed by atoms with E-state index in [1.165, 1.54) is 12.1 Å². The Hall–Kier alpha value is -4.40. The second-order valence-electron chi connectivity index (χ2n) is 15.3. The van der Waals surface area contributed by atoms with Crippen molar-refractivity contribution in [2.75, 3.05) is 32.8 Å². The quantitative estimate of drug-likeness (QED) is 0.0728. The number of benzene rings is 1. The number of urea groups is 1. The van der Waals surface area contributed by atoms with Crippen LogP contribution in [0.25, 0.3) is 0 Å². The van der Waals surface area contributed by atoms with Gasteiger partial charge in [0.25, 0.3) is 0 Å². The fourth-order valence-corrected chi connectivity index (χ4v) is 4.95. The van der Waals surface area contributed by atoms with Crippen molar-refractivity contribution in [3.05, 3.63) is 29.8 Å². The summed E-state index contributed by atoms with van der Waals surface area (Å²) >= 11 is 0. The molecule has 0 radical (unpaired) electrons. The highest BCUT2D eigenvalue weighted by Crippen LogP contribution is 2.17. The Balaban J connectivity index is 0.00000363. The fourth-order valence-electron chi connectivity index (χ4n) is 4.95. The van der Waals surface area contributed by atoms with Gasteiger partial charge in [0.2, 0.25) is 29.5 Å². The van der Waals surface area contributed by atoms with E-state index in [9.17, 15) is 33.9 Å². The number of nitrogens with one attached hydrogen (secondary N) is 6. The number of carbonyl (C=O) groups is 6. The molecule has 0 saturated carbocycles. The van der Waals surface area contributed by atoms with Gasteiger partial charge in [-0.05, 0) is 56.7 Å². The van der Waals surface area contributed by atoms with E-state index in [1.807, 2.05) is 62.3 Å². The van der Waals surface area contributed by atoms with Gasteiger partial charge in [-0.2, -0.15) is 0 Å². The zero-order valence-corrected chi connectivity index (χ0v) is 34.1. The van der Waals surface area contributed by atoms with Crippen molar-refractivity contribution in [1.29, 1.82) is 0 Å². The summed E-state index contributed by atoms with van der Waals surface area (Å²) < 4.78 is 5.92. The van der Waals surface area contributed by atoms with E-state index in [1.54, 1.807) is 12.1 Å². The maximum atomic E-state index is 13.4. The molecule has 308 valence electrons. The van der Waals surface area contributed by atoms with Gasteiger partial charge in [-0.3, -0.25) is 24.0 Å². The Kier molecular flexibility index (Phi) is 24.2. The van der Waals surface area contributed by atoms with Crippen LogP contribution in [0, 0.1) is 11.3 Å². The highest BCUT2D eigenvalue weighted by molar-refractivity contribution is 5.92. The molecule has 0 heterocycles. The Morgan fingerprint density at radius 2 is 1.41 bits per heavy atom. The molecule has 0 spiro atoms. The van der Waals surface area contributed by atoms with Crippen molar-refractivity contribution >= 4 is 35.6 Å². The molecule has 0 aliphatic rings. The van der Waals surface area contributed by atoms with E-state index in [-0.39, 0.29) is 43.0 Å². The lowest BCUT2D eigenvalue weighted by Crippen LogP contribution is -2.54. The van der Waals surface area contributed by atoms with Crippen LogP contribution in [0.1, 0.15) is 113 Å². The molecule has 54 heavy (non-hydrogen) atoms. The normalized spacial score (nSPS) is 12.3. The lowest BCUT2D eigenvalue weighted by molar-refractivity contribution is -0.132. The lowest BCUT2D eigenvalue weighted by Gasteiger charge is -2.30. The van der Waals surface area contributed by atoms with Crippen LogP contribution >= 0.6 is 0 Å². The van der Waals surface area contributed by atoms with Crippen molar-refractivity contribution in [2.45, 2.75) is 131 Å². The second kappa shape index (κ2) is 26.4. The van der Waals surface area contributed by atoms with Gasteiger partial charge in [0.15, 0.2) is 0 Å². The van der Waals surface area contributed by atoms with Crippen LogP contribution in [-0.2, 0) is 35.1 Å². The minimum Gasteiger partial charge on any atom is -0.508 e. The summed E-state index contributed by atoms with van der Waals surface area (Å²) in [5.74, 6) is -1.82. The minimum atomic E-state index is -0.965. The van der Waals surface area contributed by atoms with Crippen molar-refractivity contribution in [1.82, 2.24) is 31.9 Å². The summed E-state index contributed by atoms with van der Waals surface area (Å²) in [6, 6.07) is 4.13. The molecule has 15 nitrogen and oxygen atoms in total. The summed E-state index contributed by atoms with van der Waals surface area (Å²) in [5, 5.41) is 26.1. The van der Waals surface area contributed by atoms with E-state index in [2.05, 4.69) is 31.9 Å². The Morgan fingerprint density at radius 3 is 1.94 bits per heavy atom. The molecule has 7 amide bonds. The summed E-state index contributed by atoms with van der Waals surface area (Å²) in [6.07, 6.45) is 5.27. The van der Waals surface area contributed by atoms with Crippen LogP contribution < -0.4 is 37.6 Å². The third kappa shape index (κ3) is 24.0. The molecule has 15 heteroatoms. The fraction of sp³-hybridized carbons (Fsp3) is 0.692. The average molecular weight is 764 g/mol. The van der Waals surface area contributed by atoms with Gasteiger partial charge in [0.1, 0.15) is 17.8 Å². The van der Waals surface area contributed by atoms with Crippen molar-refractivity contribution < 1.29 is 38.6 Å². The average Bonchev–Trinajstić information content (AvgIpc) is 3.08. The van der Waals surface area contributed by atoms with Gasteiger partial charge in [-0.1, -0.05) is 73.4 Å². The van der Waals surface area contributed by atoms with Gasteiger partial charge in [0.05, 0.1) is 25.3 Å². The van der Waals surface area contributed by atoms with Crippen molar-refractivity contribution in [2.24, 2.45) is 17.1 Å². The summed E-state index contributed by atoms with van der Waals surface area (Å²) in [4.78, 5) is 73.4. The molecule has 0 saturated heterocycles. The number of aromatic hydroxyl groups is 1. The summed E-state index contributed by atoms with van der Waals surface area (Å²) in [6.45, 7) is 18.4. The number of primary amides is 1. The number of ether oxygens (including phenoxy) is 1. The molecule has 0 fully saturated rings. The summed E-state index contributed by atoms with van der Waals surface area (Å²) in [5.41, 5.74) is 4.43. The van der Waals surface area contributed by atoms with Crippen LogP contribution in [0.2, 0.25) is 0 Å². The molecule has 1 aromatic rings. The molecule has 0 aliphatic heterocycles. The van der Waals surface area contributed by atoms with Crippen LogP contribution in [0.5, 0.6) is 5.75 Å². The topological polar surface area (TPSA) is 230 Å². The Bertz CT molecular complexity index is 1300. The smallest absolute Gasteiger partial charge is 0.312 e. The van der Waals surface area contributed by atoms with Crippen LogP contribution in [-0.4, -0.2) is 91.1 Å². The predicted molar refractivity (Wildman–Crippen MR) is 210 cm³/mol. The maximum Gasteiger partial charge on any atom is 0.312 e. The number of amides is 7. The van der Waals surface area contributed by atoms with Crippen LogP contribution in [0.15, 0.2) is 24.3 Å². The number of hydrogen-bond donors (Lipinski definition) is 8. The molecule has 0 bridgehead atoms. The van der Waals surface area contributed by atoms with Gasteiger partial charge >= 0.3 is 6.03 Å². The zero-order chi connectivity index (χ0) is 41.3. The third-order valence-corrected chi connectivity index (χ3v) is 7.93. The van der Waals surface area contributed by atoms with Gasteiger partial charge < -0.3 is 47.5 Å². The van der Waals surface area contributed by atoms with E-state index >= 15 is 0 Å². The Morgan fingerprint density at radius 1 is 0.759 bits per heavy atom. The van der Waals surface area contributed by atoms with Gasteiger partial charge in [0, 0.05) is 37.8 Å². The number of phenolic OH excluding ortho intramolecular Hbond substituents is 1. The predicted octanol–water partition coefficient (Wildman–Crippen LogP) is 3.18. The largest absolute Gasteiger partial charge is 0.508 e. The number of unbranched alkanes of at least 4 members (excludes halogenated alkanes) is 2. The first-order valence-electron chi connectivity index (χ1n) is 19.1. The highest BCUT2D eigenvalue weighted by atomic mass is 16.5. The molecule has 9 N–H and O–H groups in total. The monoisotopic (exact) mass is 764 g/mol. The van der Waals surface area contributed by atoms with Gasteiger partial charge in [-0.25, -0.2) is 4.79 Å². The van der Waals surface area contributed by atoms with E-state index in [0.29, 0.717) is 38.2 Å². The van der Waals surface area contributed by atoms with E-state index < -0.39 is 46.8 Å². The van der Waals surface area contributed by atoms with Gasteiger partial charge in [-0.15, -0.1) is 0 Å². The molecular formula is C39H69N7O8. The number of phenols is 1. The minimum absolute atomic E-state index is 0.0294. The molecule has 1 aromatic carbocycles. The lowest BCUT2D eigenvalue weighted by atomic mass is 9.94. The first-order valence-corrected chi connectivity index (χ1v) is 19.1. The van der Waals surface area contributed by atoms with E-state index in [4.69, 9.17) is 10.5 Å². The first-order chi connectivity index (χ1) is 25.2. The van der Waals surface area contributed by atoms with Crippen molar-refractivity contribution in [3.63, 3.8) is 0 Å². The molecule has 2 atom stereocenters. The molecular weight excluding hydrogens is 694 g/mol. The second-order valence-corrected chi connectivity index (χ2v) is 15.3.